The number of nitrogens with zero attached hydrogens (tertiary/aromatic N) is 3. The molecule has 8 heteroatoms. The Morgan fingerprint density at radius 2 is 2.17 bits per heavy atom. The lowest BCUT2D eigenvalue weighted by atomic mass is 9.86. The molecule has 30 heavy (non-hydrogen) atoms. The lowest BCUT2D eigenvalue weighted by molar-refractivity contribution is 0.0988. The summed E-state index contributed by atoms with van der Waals surface area (Å²) in [5.41, 5.74) is 7.39. The van der Waals surface area contributed by atoms with Crippen molar-refractivity contribution in [3.8, 4) is 6.07 Å². The molecular formula is C22H21FN4O2S. The molecule has 154 valence electrons. The Balaban J connectivity index is 1.92. The predicted molar refractivity (Wildman–Crippen MR) is 114 cm³/mol. The molecule has 1 atom stereocenters. The van der Waals surface area contributed by atoms with E-state index in [0.29, 0.717) is 28.3 Å². The van der Waals surface area contributed by atoms with E-state index in [9.17, 15) is 14.3 Å². The molecule has 3 N–H and O–H groups in total. The van der Waals surface area contributed by atoms with Gasteiger partial charge in [0.25, 0.3) is 0 Å². The molecule has 0 saturated carbocycles. The van der Waals surface area contributed by atoms with Gasteiger partial charge in [0.15, 0.2) is 11.0 Å². The zero-order valence-electron chi connectivity index (χ0n) is 16.6. The van der Waals surface area contributed by atoms with E-state index in [-0.39, 0.29) is 24.5 Å². The van der Waals surface area contributed by atoms with E-state index in [4.69, 9.17) is 11.0 Å². The van der Waals surface area contributed by atoms with Gasteiger partial charge in [0.05, 0.1) is 17.7 Å². The number of aliphatic hydroxyl groups excluding tert-OH is 1. The number of aliphatic imine (C=N–C) groups is 1. The molecule has 1 aromatic heterocycles. The smallest absolute Gasteiger partial charge is 0.185 e. The molecule has 1 aliphatic heterocycles. The first-order valence-corrected chi connectivity index (χ1v) is 10.1. The predicted octanol–water partition coefficient (Wildman–Crippen LogP) is 3.45. The molecule has 1 aromatic carbocycles. The van der Waals surface area contributed by atoms with Crippen molar-refractivity contribution in [2.45, 2.75) is 32.2 Å². The molecule has 6 nitrogen and oxygen atoms in total. The highest BCUT2D eigenvalue weighted by Gasteiger charge is 2.35. The summed E-state index contributed by atoms with van der Waals surface area (Å²) < 4.78 is 14.8. The number of nitrogens with two attached hydrogens (primary N) is 1. The highest BCUT2D eigenvalue weighted by atomic mass is 32.2. The van der Waals surface area contributed by atoms with E-state index >= 15 is 0 Å². The van der Waals surface area contributed by atoms with Gasteiger partial charge in [0.2, 0.25) is 0 Å². The summed E-state index contributed by atoms with van der Waals surface area (Å²) in [5.74, 6) is -0.671. The summed E-state index contributed by atoms with van der Waals surface area (Å²) in [6.07, 6.45) is 1.78. The number of halogens is 1. The van der Waals surface area contributed by atoms with Gasteiger partial charge in [0, 0.05) is 24.6 Å². The molecule has 2 heterocycles. The van der Waals surface area contributed by atoms with E-state index in [1.807, 2.05) is 6.07 Å². The van der Waals surface area contributed by atoms with Crippen molar-refractivity contribution in [1.29, 1.82) is 5.26 Å². The van der Waals surface area contributed by atoms with Crippen molar-refractivity contribution >= 4 is 22.7 Å². The van der Waals surface area contributed by atoms with Crippen LogP contribution in [0.2, 0.25) is 0 Å². The molecule has 0 unspecified atom stereocenters. The standard InChI is InChI=1S/C22H21FN4O2S/c1-13(12-28)20-9-22(2,27-21(25)30-20)16-7-14(3-5-17(16)23)8-19(29)18-6-4-15(10-24)11-26-18/h3-7,11,28H,8-9,12H2,1-2H3,(H2,25,27)/b20-13-/t22-/m0/s1. The number of amidine groups is 1. The van der Waals surface area contributed by atoms with E-state index in [0.717, 1.165) is 10.5 Å². The maximum atomic E-state index is 14.8. The van der Waals surface area contributed by atoms with Gasteiger partial charge < -0.3 is 10.8 Å². The molecule has 0 spiro atoms. The van der Waals surface area contributed by atoms with E-state index in [1.165, 1.54) is 36.2 Å². The lowest BCUT2D eigenvalue weighted by Gasteiger charge is -2.32. The van der Waals surface area contributed by atoms with Crippen molar-refractivity contribution < 1.29 is 14.3 Å². The first-order chi connectivity index (χ1) is 14.3. The molecule has 0 aliphatic carbocycles. The van der Waals surface area contributed by atoms with Crippen molar-refractivity contribution in [3.05, 3.63) is 75.2 Å². The third-order valence-corrected chi connectivity index (χ3v) is 6.00. The zero-order valence-corrected chi connectivity index (χ0v) is 17.5. The Morgan fingerprint density at radius 3 is 2.80 bits per heavy atom. The van der Waals surface area contributed by atoms with Crippen molar-refractivity contribution in [2.24, 2.45) is 10.7 Å². The quantitative estimate of drug-likeness (QED) is 0.711. The minimum atomic E-state index is -0.947. The van der Waals surface area contributed by atoms with Crippen LogP contribution in [-0.4, -0.2) is 27.6 Å². The number of carbonyl (C=O) groups excluding carboxylic acids is 1. The first kappa shape index (κ1) is 21.7. The fourth-order valence-electron chi connectivity index (χ4n) is 3.26. The Labute approximate surface area is 178 Å². The van der Waals surface area contributed by atoms with Gasteiger partial charge in [-0.1, -0.05) is 17.8 Å². The Bertz CT molecular complexity index is 1090. The van der Waals surface area contributed by atoms with Gasteiger partial charge in [-0.05, 0) is 54.2 Å². The number of hydrogen-bond donors (Lipinski definition) is 2. The number of thioether (sulfide) groups is 1. The molecule has 0 radical (unpaired) electrons. The summed E-state index contributed by atoms with van der Waals surface area (Å²) in [6, 6.07) is 9.51. The maximum absolute atomic E-state index is 14.8. The monoisotopic (exact) mass is 424 g/mol. The number of benzene rings is 1. The molecule has 0 amide bonds. The van der Waals surface area contributed by atoms with Gasteiger partial charge >= 0.3 is 0 Å². The van der Waals surface area contributed by atoms with Crippen LogP contribution in [0.1, 0.15) is 47.4 Å². The molecule has 0 saturated heterocycles. The summed E-state index contributed by atoms with van der Waals surface area (Å²) in [7, 11) is 0. The van der Waals surface area contributed by atoms with Gasteiger partial charge in [0.1, 0.15) is 17.6 Å². The zero-order chi connectivity index (χ0) is 21.9. The molecule has 0 bridgehead atoms. The van der Waals surface area contributed by atoms with Crippen LogP contribution in [0, 0.1) is 17.1 Å². The van der Waals surface area contributed by atoms with Crippen LogP contribution in [0.3, 0.4) is 0 Å². The maximum Gasteiger partial charge on any atom is 0.185 e. The second-order valence-corrected chi connectivity index (χ2v) is 8.44. The summed E-state index contributed by atoms with van der Waals surface area (Å²) in [5, 5.41) is 18.6. The Kier molecular flexibility index (Phi) is 6.34. The fourth-order valence-corrected chi connectivity index (χ4v) is 4.35. The Hall–Kier alpha value is -3.02. The fraction of sp³-hybridized carbons (Fsp3) is 0.273. The average Bonchev–Trinajstić information content (AvgIpc) is 2.73. The summed E-state index contributed by atoms with van der Waals surface area (Å²) in [6.45, 7) is 3.48. The number of nitriles is 1. The molecule has 2 aromatic rings. The number of carbonyl (C=O) groups is 1. The number of pyridine rings is 1. The third kappa shape index (κ3) is 4.58. The van der Waals surface area contributed by atoms with E-state index in [1.54, 1.807) is 26.0 Å². The summed E-state index contributed by atoms with van der Waals surface area (Å²) >= 11 is 1.28. The minimum absolute atomic E-state index is 0.0363. The summed E-state index contributed by atoms with van der Waals surface area (Å²) in [4.78, 5) is 21.9. The van der Waals surface area contributed by atoms with E-state index in [2.05, 4.69) is 9.98 Å². The second-order valence-electron chi connectivity index (χ2n) is 7.32. The van der Waals surface area contributed by atoms with Gasteiger partial charge in [-0.3, -0.25) is 14.8 Å². The number of Topliss-reactive ketones (excluding diaryl/α,β-unsaturated/α-hetero) is 1. The minimum Gasteiger partial charge on any atom is -0.392 e. The molecular weight excluding hydrogens is 403 g/mol. The van der Waals surface area contributed by atoms with E-state index < -0.39 is 11.4 Å². The van der Waals surface area contributed by atoms with Gasteiger partial charge in [-0.15, -0.1) is 0 Å². The topological polar surface area (TPSA) is 112 Å². The van der Waals surface area contributed by atoms with Crippen molar-refractivity contribution in [2.75, 3.05) is 6.61 Å². The number of ketones is 1. The first-order valence-electron chi connectivity index (χ1n) is 9.26. The van der Waals surface area contributed by atoms with Crippen LogP contribution in [0.25, 0.3) is 0 Å². The SMILES string of the molecule is C/C(CO)=C1\C[C@@](C)(c2cc(CC(=O)c3ccc(C#N)cn3)ccc2F)N=C(N)S1. The van der Waals surface area contributed by atoms with Crippen LogP contribution in [0.4, 0.5) is 4.39 Å². The molecule has 3 rings (SSSR count). The number of hydrogen-bond acceptors (Lipinski definition) is 7. The van der Waals surface area contributed by atoms with Crippen molar-refractivity contribution in [1.82, 2.24) is 4.98 Å². The number of aromatic nitrogens is 1. The lowest BCUT2D eigenvalue weighted by Crippen LogP contribution is -2.29. The van der Waals surface area contributed by atoms with Crippen LogP contribution in [0.15, 0.2) is 52.0 Å². The third-order valence-electron chi connectivity index (χ3n) is 4.96. The van der Waals surface area contributed by atoms with Gasteiger partial charge in [-0.2, -0.15) is 5.26 Å². The normalized spacial score (nSPS) is 20.3. The second kappa shape index (κ2) is 8.78. The van der Waals surface area contributed by atoms with Crippen LogP contribution < -0.4 is 5.73 Å². The van der Waals surface area contributed by atoms with Crippen molar-refractivity contribution in [3.63, 3.8) is 0 Å². The molecule has 0 fully saturated rings. The van der Waals surface area contributed by atoms with Gasteiger partial charge in [-0.25, -0.2) is 4.39 Å². The van der Waals surface area contributed by atoms with Crippen LogP contribution >= 0.6 is 11.8 Å². The van der Waals surface area contributed by atoms with Crippen LogP contribution in [-0.2, 0) is 12.0 Å². The Morgan fingerprint density at radius 1 is 1.40 bits per heavy atom. The highest BCUT2D eigenvalue weighted by molar-refractivity contribution is 8.17. The number of rotatable bonds is 5. The molecule has 1 aliphatic rings. The number of aliphatic hydroxyl groups is 1. The highest BCUT2D eigenvalue weighted by Crippen LogP contribution is 2.43. The van der Waals surface area contributed by atoms with Crippen LogP contribution in [0.5, 0.6) is 0 Å². The largest absolute Gasteiger partial charge is 0.392 e. The average molecular weight is 425 g/mol.